The Morgan fingerprint density at radius 2 is 1.52 bits per heavy atom. The van der Waals surface area contributed by atoms with Crippen molar-refractivity contribution in [1.29, 1.82) is 0 Å². The Kier molecular flexibility index (Phi) is 7.71. The molecule has 1 amide bonds. The van der Waals surface area contributed by atoms with E-state index in [-0.39, 0.29) is 11.0 Å². The Balaban J connectivity index is 1.64. The number of hydrogen-bond donors (Lipinski definition) is 0. The summed E-state index contributed by atoms with van der Waals surface area (Å²) in [6.45, 7) is 5.70. The third-order valence-corrected chi connectivity index (χ3v) is 6.71. The molecular weight excluding hydrogens is 406 g/mol. The van der Waals surface area contributed by atoms with Crippen molar-refractivity contribution >= 4 is 28.6 Å². The maximum Gasteiger partial charge on any atom is 0.291 e. The minimum absolute atomic E-state index is 0.00701. The molecule has 5 heteroatoms. The van der Waals surface area contributed by atoms with E-state index in [1.165, 1.54) is 27.8 Å². The zero-order valence-corrected chi connectivity index (χ0v) is 19.4. The number of thioether (sulfide) groups is 1. The van der Waals surface area contributed by atoms with E-state index in [2.05, 4.69) is 24.3 Å². The van der Waals surface area contributed by atoms with Gasteiger partial charge in [0.2, 0.25) is 10.9 Å². The summed E-state index contributed by atoms with van der Waals surface area (Å²) in [4.78, 5) is 39.5. The molecule has 4 nitrogen and oxygen atoms in total. The van der Waals surface area contributed by atoms with Crippen LogP contribution in [0.25, 0.3) is 0 Å². The number of amides is 1. The lowest BCUT2D eigenvalue weighted by atomic mass is 9.89. The van der Waals surface area contributed by atoms with Crippen LogP contribution in [-0.4, -0.2) is 40.0 Å². The van der Waals surface area contributed by atoms with Gasteiger partial charge in [0.05, 0.1) is 0 Å². The normalized spacial score (nSPS) is 16.5. The van der Waals surface area contributed by atoms with Crippen molar-refractivity contribution in [2.45, 2.75) is 52.0 Å². The molecular formula is C26H31NO3S. The van der Waals surface area contributed by atoms with Gasteiger partial charge in [-0.1, -0.05) is 93.2 Å². The topological polar surface area (TPSA) is 54.5 Å². The van der Waals surface area contributed by atoms with Crippen LogP contribution in [0.1, 0.15) is 57.1 Å². The molecule has 164 valence electrons. The van der Waals surface area contributed by atoms with Gasteiger partial charge < -0.3 is 4.90 Å². The highest BCUT2D eigenvalue weighted by Crippen LogP contribution is 2.31. The number of rotatable bonds is 7. The van der Waals surface area contributed by atoms with Crippen LogP contribution in [0.5, 0.6) is 0 Å². The van der Waals surface area contributed by atoms with E-state index < -0.39 is 23.1 Å². The minimum atomic E-state index is -0.737. The van der Waals surface area contributed by atoms with Crippen LogP contribution < -0.4 is 0 Å². The SMILES string of the molecule is CC(C)(C)C(=O)C(=O)N1CCCC1C(=O)SCCC(c1ccccc1)c1ccccc1. The molecule has 1 unspecified atom stereocenters. The van der Waals surface area contributed by atoms with Crippen molar-refractivity contribution in [2.24, 2.45) is 5.41 Å². The lowest BCUT2D eigenvalue weighted by molar-refractivity contribution is -0.150. The highest BCUT2D eigenvalue weighted by Gasteiger charge is 2.40. The van der Waals surface area contributed by atoms with Crippen molar-refractivity contribution in [3.63, 3.8) is 0 Å². The second-order valence-corrected chi connectivity index (χ2v) is 10.2. The van der Waals surface area contributed by atoms with Crippen molar-refractivity contribution in [3.05, 3.63) is 71.8 Å². The van der Waals surface area contributed by atoms with E-state index in [9.17, 15) is 14.4 Å². The molecule has 0 aromatic heterocycles. The molecule has 31 heavy (non-hydrogen) atoms. The third kappa shape index (κ3) is 5.85. The number of likely N-dealkylation sites (tertiary alicyclic amines) is 1. The summed E-state index contributed by atoms with van der Waals surface area (Å²) in [5, 5.41) is -0.00701. The van der Waals surface area contributed by atoms with Crippen molar-refractivity contribution in [2.75, 3.05) is 12.3 Å². The van der Waals surface area contributed by atoms with E-state index in [0.717, 1.165) is 12.8 Å². The number of nitrogens with zero attached hydrogens (tertiary/aromatic N) is 1. The van der Waals surface area contributed by atoms with Crippen LogP contribution in [0.4, 0.5) is 0 Å². The zero-order valence-electron chi connectivity index (χ0n) is 18.5. The maximum absolute atomic E-state index is 12.9. The van der Waals surface area contributed by atoms with E-state index in [1.54, 1.807) is 20.8 Å². The summed E-state index contributed by atoms with van der Waals surface area (Å²) >= 11 is 1.29. The highest BCUT2D eigenvalue weighted by atomic mass is 32.2. The molecule has 1 heterocycles. The van der Waals surface area contributed by atoms with Crippen molar-refractivity contribution < 1.29 is 14.4 Å². The molecule has 1 saturated heterocycles. The third-order valence-electron chi connectivity index (χ3n) is 5.72. The van der Waals surface area contributed by atoms with Crippen LogP contribution >= 0.6 is 11.8 Å². The van der Waals surface area contributed by atoms with Crippen LogP contribution in [0.3, 0.4) is 0 Å². The fourth-order valence-electron chi connectivity index (χ4n) is 3.98. The van der Waals surface area contributed by atoms with Gasteiger partial charge in [0, 0.05) is 23.6 Å². The van der Waals surface area contributed by atoms with Gasteiger partial charge in [-0.2, -0.15) is 0 Å². The predicted octanol–water partition coefficient (Wildman–Crippen LogP) is 5.07. The molecule has 1 fully saturated rings. The number of carbonyl (C=O) groups is 3. The standard InChI is InChI=1S/C26H31NO3S/c1-26(2,3)23(28)24(29)27-17-10-15-22(27)25(30)31-18-16-21(19-11-6-4-7-12-19)20-13-8-5-9-14-20/h4-9,11-14,21-22H,10,15-18H2,1-3H3. The fourth-order valence-corrected chi connectivity index (χ4v) is 4.97. The smallest absolute Gasteiger partial charge is 0.291 e. The van der Waals surface area contributed by atoms with Gasteiger partial charge in [-0.3, -0.25) is 14.4 Å². The second-order valence-electron chi connectivity index (χ2n) is 9.07. The molecule has 0 radical (unpaired) electrons. The van der Waals surface area contributed by atoms with Crippen LogP contribution in [0.2, 0.25) is 0 Å². The van der Waals surface area contributed by atoms with E-state index in [0.29, 0.717) is 18.7 Å². The number of benzene rings is 2. The Bertz CT molecular complexity index is 866. The van der Waals surface area contributed by atoms with E-state index >= 15 is 0 Å². The van der Waals surface area contributed by atoms with E-state index in [1.807, 2.05) is 36.4 Å². The van der Waals surface area contributed by atoms with Crippen molar-refractivity contribution in [1.82, 2.24) is 4.90 Å². The highest BCUT2D eigenvalue weighted by molar-refractivity contribution is 8.13. The summed E-state index contributed by atoms with van der Waals surface area (Å²) < 4.78 is 0. The van der Waals surface area contributed by atoms with Gasteiger partial charge in [-0.05, 0) is 30.4 Å². The predicted molar refractivity (Wildman–Crippen MR) is 126 cm³/mol. The summed E-state index contributed by atoms with van der Waals surface area (Å²) in [6.07, 6.45) is 2.22. The fraction of sp³-hybridized carbons (Fsp3) is 0.423. The molecule has 1 aliphatic heterocycles. The maximum atomic E-state index is 12.9. The number of Topliss-reactive ketones (excluding diaryl/α,β-unsaturated/α-hetero) is 1. The monoisotopic (exact) mass is 437 g/mol. The van der Waals surface area contributed by atoms with Crippen LogP contribution in [-0.2, 0) is 14.4 Å². The molecule has 1 aliphatic rings. The Morgan fingerprint density at radius 1 is 0.968 bits per heavy atom. The molecule has 2 aromatic rings. The second kappa shape index (κ2) is 10.3. The Morgan fingerprint density at radius 3 is 2.03 bits per heavy atom. The van der Waals surface area contributed by atoms with Crippen LogP contribution in [0, 0.1) is 5.41 Å². The quantitative estimate of drug-likeness (QED) is 0.567. The minimum Gasteiger partial charge on any atom is -0.325 e. The number of hydrogen-bond acceptors (Lipinski definition) is 4. The first-order valence-corrected chi connectivity index (χ1v) is 11.9. The molecule has 3 rings (SSSR count). The van der Waals surface area contributed by atoms with Gasteiger partial charge >= 0.3 is 0 Å². The first-order chi connectivity index (χ1) is 14.8. The van der Waals surface area contributed by atoms with Gasteiger partial charge in [0.1, 0.15) is 6.04 Å². The van der Waals surface area contributed by atoms with Gasteiger partial charge in [0.15, 0.2) is 0 Å². The summed E-state index contributed by atoms with van der Waals surface area (Å²) in [7, 11) is 0. The lowest BCUT2D eigenvalue weighted by Crippen LogP contribution is -2.46. The molecule has 1 atom stereocenters. The average Bonchev–Trinajstić information content (AvgIpc) is 3.26. The zero-order chi connectivity index (χ0) is 22.4. The average molecular weight is 438 g/mol. The molecule has 0 saturated carbocycles. The van der Waals surface area contributed by atoms with Gasteiger partial charge in [-0.25, -0.2) is 0 Å². The Labute approximate surface area is 189 Å². The summed E-state index contributed by atoms with van der Waals surface area (Å²) in [5.74, 6) is -0.0636. The Hall–Kier alpha value is -2.40. The summed E-state index contributed by atoms with van der Waals surface area (Å²) in [5.41, 5.74) is 1.73. The molecule has 0 spiro atoms. The molecule has 0 bridgehead atoms. The van der Waals surface area contributed by atoms with Crippen molar-refractivity contribution in [3.8, 4) is 0 Å². The first-order valence-electron chi connectivity index (χ1n) is 10.9. The van der Waals surface area contributed by atoms with E-state index in [4.69, 9.17) is 0 Å². The van der Waals surface area contributed by atoms with Gasteiger partial charge in [0.25, 0.3) is 5.91 Å². The lowest BCUT2D eigenvalue weighted by Gasteiger charge is -2.26. The summed E-state index contributed by atoms with van der Waals surface area (Å²) in [6, 6.07) is 20.2. The molecule has 0 N–H and O–H groups in total. The first kappa shape index (κ1) is 23.3. The largest absolute Gasteiger partial charge is 0.325 e. The molecule has 2 aromatic carbocycles. The van der Waals surface area contributed by atoms with Crippen LogP contribution in [0.15, 0.2) is 60.7 Å². The molecule has 0 aliphatic carbocycles. The number of carbonyl (C=O) groups excluding carboxylic acids is 3. The van der Waals surface area contributed by atoms with Gasteiger partial charge in [-0.15, -0.1) is 0 Å². The number of ketones is 1.